The minimum atomic E-state index is -0.290. The van der Waals surface area contributed by atoms with Crippen LogP contribution in [0.1, 0.15) is 24.5 Å². The highest BCUT2D eigenvalue weighted by molar-refractivity contribution is 5.92. The van der Waals surface area contributed by atoms with E-state index in [0.29, 0.717) is 6.61 Å². The number of ether oxygens (including phenoxy) is 1. The second-order valence-corrected chi connectivity index (χ2v) is 5.71. The Bertz CT molecular complexity index is 629. The van der Waals surface area contributed by atoms with Crippen LogP contribution in [0.25, 0.3) is 10.9 Å². The first kappa shape index (κ1) is 15.6. The molecule has 0 saturated carbocycles. The summed E-state index contributed by atoms with van der Waals surface area (Å²) in [4.78, 5) is 14.3. The molecule has 0 atom stereocenters. The minimum Gasteiger partial charge on any atom is -0.449 e. The summed E-state index contributed by atoms with van der Waals surface area (Å²) in [5, 5.41) is 1.14. The van der Waals surface area contributed by atoms with E-state index in [1.807, 2.05) is 25.3 Å². The molecule has 0 bridgehead atoms. The molecule has 114 valence electrons. The van der Waals surface area contributed by atoms with E-state index in [-0.39, 0.29) is 6.09 Å². The van der Waals surface area contributed by atoms with Gasteiger partial charge in [-0.2, -0.15) is 0 Å². The summed E-state index contributed by atoms with van der Waals surface area (Å²) in [6.45, 7) is 5.48. The lowest BCUT2D eigenvalue weighted by atomic mass is 10.1. The third-order valence-corrected chi connectivity index (χ3v) is 3.50. The highest BCUT2D eigenvalue weighted by atomic mass is 16.5. The van der Waals surface area contributed by atoms with Gasteiger partial charge < -0.3 is 9.64 Å². The number of fused-ring (bicyclic) bond motifs is 1. The van der Waals surface area contributed by atoms with E-state index in [1.165, 1.54) is 11.1 Å². The van der Waals surface area contributed by atoms with Gasteiger partial charge in [-0.05, 0) is 51.6 Å². The number of likely N-dealkylation sites (N-methyl/N-ethyl adjacent to an activating group) is 1. The second-order valence-electron chi connectivity index (χ2n) is 5.71. The van der Waals surface area contributed by atoms with Crippen molar-refractivity contribution in [1.29, 1.82) is 0 Å². The molecule has 1 heterocycles. The van der Waals surface area contributed by atoms with Crippen molar-refractivity contribution in [3.05, 3.63) is 35.5 Å². The van der Waals surface area contributed by atoms with E-state index >= 15 is 0 Å². The van der Waals surface area contributed by atoms with Crippen molar-refractivity contribution in [2.24, 2.45) is 0 Å². The average Bonchev–Trinajstić information content (AvgIpc) is 2.80. The van der Waals surface area contributed by atoms with Crippen LogP contribution in [0, 0.1) is 6.92 Å². The van der Waals surface area contributed by atoms with Gasteiger partial charge in [-0.1, -0.05) is 18.6 Å². The Hall–Kier alpha value is -1.81. The van der Waals surface area contributed by atoms with Gasteiger partial charge in [0.1, 0.15) is 0 Å². The molecular formula is C17H24N2O2. The van der Waals surface area contributed by atoms with E-state index in [2.05, 4.69) is 32.0 Å². The van der Waals surface area contributed by atoms with Gasteiger partial charge in [-0.25, -0.2) is 4.79 Å². The minimum absolute atomic E-state index is 0.290. The Kier molecular flexibility index (Phi) is 5.02. The Balaban J connectivity index is 2.39. The molecule has 0 aliphatic rings. The van der Waals surface area contributed by atoms with Crippen LogP contribution in [-0.2, 0) is 11.2 Å². The number of carbonyl (C=O) groups excluding carboxylic acids is 1. The van der Waals surface area contributed by atoms with Crippen LogP contribution in [0.2, 0.25) is 0 Å². The molecule has 0 aliphatic carbocycles. The number of nitrogens with zero attached hydrogens (tertiary/aromatic N) is 2. The second kappa shape index (κ2) is 6.76. The number of carbonyl (C=O) groups is 1. The zero-order valence-electron chi connectivity index (χ0n) is 13.3. The van der Waals surface area contributed by atoms with Gasteiger partial charge in [0.15, 0.2) is 0 Å². The molecule has 4 nitrogen and oxygen atoms in total. The van der Waals surface area contributed by atoms with Crippen molar-refractivity contribution in [2.45, 2.75) is 26.7 Å². The first-order valence-corrected chi connectivity index (χ1v) is 7.45. The third kappa shape index (κ3) is 3.64. The van der Waals surface area contributed by atoms with Gasteiger partial charge in [0.25, 0.3) is 0 Å². The van der Waals surface area contributed by atoms with Crippen LogP contribution >= 0.6 is 0 Å². The molecule has 0 amide bonds. The van der Waals surface area contributed by atoms with Crippen LogP contribution in [0.15, 0.2) is 24.4 Å². The summed E-state index contributed by atoms with van der Waals surface area (Å²) in [5.41, 5.74) is 3.32. The number of aryl methyl sites for hydroxylation is 1. The van der Waals surface area contributed by atoms with Gasteiger partial charge in [0, 0.05) is 18.1 Å². The Morgan fingerprint density at radius 3 is 2.76 bits per heavy atom. The standard InChI is InChI=1S/C17H24N2O2/c1-5-10-21-17(20)19-12-14(8-9-18(3)4)15-11-13(2)6-7-16(15)19/h6-7,11-12H,5,8-10H2,1-4H3. The van der Waals surface area contributed by atoms with Crippen LogP contribution in [0.3, 0.4) is 0 Å². The lowest BCUT2D eigenvalue weighted by Gasteiger charge is -2.08. The normalized spacial score (nSPS) is 11.3. The number of rotatable bonds is 5. The number of hydrogen-bond donors (Lipinski definition) is 0. The van der Waals surface area contributed by atoms with Crippen molar-refractivity contribution in [1.82, 2.24) is 9.47 Å². The molecule has 0 aliphatic heterocycles. The largest absolute Gasteiger partial charge is 0.449 e. The van der Waals surface area contributed by atoms with Crippen molar-refractivity contribution in [2.75, 3.05) is 27.2 Å². The summed E-state index contributed by atoms with van der Waals surface area (Å²) in [5.74, 6) is 0. The molecule has 2 rings (SSSR count). The first-order valence-electron chi connectivity index (χ1n) is 7.45. The SMILES string of the molecule is CCCOC(=O)n1cc(CCN(C)C)c2cc(C)ccc21. The van der Waals surface area contributed by atoms with Gasteiger partial charge >= 0.3 is 6.09 Å². The van der Waals surface area contributed by atoms with Gasteiger partial charge in [-0.3, -0.25) is 4.57 Å². The fraction of sp³-hybridized carbons (Fsp3) is 0.471. The molecule has 0 spiro atoms. The molecule has 1 aromatic carbocycles. The lowest BCUT2D eigenvalue weighted by Crippen LogP contribution is -2.15. The predicted molar refractivity (Wildman–Crippen MR) is 86.0 cm³/mol. The quantitative estimate of drug-likeness (QED) is 0.845. The molecule has 2 aromatic rings. The maximum atomic E-state index is 12.2. The van der Waals surface area contributed by atoms with E-state index in [4.69, 9.17) is 4.74 Å². The molecule has 0 radical (unpaired) electrons. The fourth-order valence-electron chi connectivity index (χ4n) is 2.37. The van der Waals surface area contributed by atoms with E-state index in [0.717, 1.165) is 30.3 Å². The summed E-state index contributed by atoms with van der Waals surface area (Å²) < 4.78 is 6.90. The van der Waals surface area contributed by atoms with Crippen LogP contribution in [-0.4, -0.2) is 42.8 Å². The summed E-state index contributed by atoms with van der Waals surface area (Å²) in [7, 11) is 4.11. The Morgan fingerprint density at radius 1 is 1.33 bits per heavy atom. The number of benzene rings is 1. The molecule has 21 heavy (non-hydrogen) atoms. The van der Waals surface area contributed by atoms with E-state index < -0.39 is 0 Å². The van der Waals surface area contributed by atoms with Crippen molar-refractivity contribution >= 4 is 17.0 Å². The zero-order chi connectivity index (χ0) is 15.4. The molecule has 0 N–H and O–H groups in total. The summed E-state index contributed by atoms with van der Waals surface area (Å²) in [6.07, 6.45) is 3.38. The zero-order valence-corrected chi connectivity index (χ0v) is 13.3. The van der Waals surface area contributed by atoms with Crippen molar-refractivity contribution in [3.8, 4) is 0 Å². The molecule has 0 saturated heterocycles. The molecular weight excluding hydrogens is 264 g/mol. The van der Waals surface area contributed by atoms with Gasteiger partial charge in [-0.15, -0.1) is 0 Å². The molecule has 4 heteroatoms. The predicted octanol–water partition coefficient (Wildman–Crippen LogP) is 3.45. The monoisotopic (exact) mass is 288 g/mol. The van der Waals surface area contributed by atoms with Gasteiger partial charge in [0.2, 0.25) is 0 Å². The van der Waals surface area contributed by atoms with Crippen LogP contribution < -0.4 is 0 Å². The molecule has 1 aromatic heterocycles. The third-order valence-electron chi connectivity index (χ3n) is 3.50. The highest BCUT2D eigenvalue weighted by Gasteiger charge is 2.14. The fourth-order valence-corrected chi connectivity index (χ4v) is 2.37. The molecule has 0 fully saturated rings. The highest BCUT2D eigenvalue weighted by Crippen LogP contribution is 2.23. The van der Waals surface area contributed by atoms with Crippen molar-refractivity contribution in [3.63, 3.8) is 0 Å². The lowest BCUT2D eigenvalue weighted by molar-refractivity contribution is 0.149. The van der Waals surface area contributed by atoms with Crippen LogP contribution in [0.5, 0.6) is 0 Å². The Morgan fingerprint density at radius 2 is 2.10 bits per heavy atom. The first-order chi connectivity index (χ1) is 10.0. The van der Waals surface area contributed by atoms with Crippen LogP contribution in [0.4, 0.5) is 4.79 Å². The summed E-state index contributed by atoms with van der Waals surface area (Å²) >= 11 is 0. The summed E-state index contributed by atoms with van der Waals surface area (Å²) in [6, 6.07) is 6.17. The topological polar surface area (TPSA) is 34.5 Å². The number of aromatic nitrogens is 1. The van der Waals surface area contributed by atoms with Crippen molar-refractivity contribution < 1.29 is 9.53 Å². The molecule has 0 unspecified atom stereocenters. The average molecular weight is 288 g/mol. The van der Waals surface area contributed by atoms with Gasteiger partial charge in [0.05, 0.1) is 12.1 Å². The Labute approximate surface area is 126 Å². The van der Waals surface area contributed by atoms with E-state index in [1.54, 1.807) is 4.57 Å². The van der Waals surface area contributed by atoms with E-state index in [9.17, 15) is 4.79 Å². The number of hydrogen-bond acceptors (Lipinski definition) is 3. The smallest absolute Gasteiger partial charge is 0.418 e. The maximum absolute atomic E-state index is 12.2. The maximum Gasteiger partial charge on any atom is 0.418 e.